The Bertz CT molecular complexity index is 337. The van der Waals surface area contributed by atoms with Crippen molar-refractivity contribution in [1.29, 1.82) is 0 Å². The molecule has 0 aromatic heterocycles. The maximum absolute atomic E-state index is 13.0. The predicted molar refractivity (Wildman–Crippen MR) is 66.0 cm³/mol. The van der Waals surface area contributed by atoms with Gasteiger partial charge in [-0.05, 0) is 42.9 Å². The van der Waals surface area contributed by atoms with Crippen LogP contribution in [0.25, 0.3) is 0 Å². The second kappa shape index (κ2) is 5.33. The van der Waals surface area contributed by atoms with Gasteiger partial charge in [-0.15, -0.1) is 0 Å². The number of halogens is 1. The van der Waals surface area contributed by atoms with Gasteiger partial charge in [-0.25, -0.2) is 4.39 Å². The molecule has 1 N–H and O–H groups in total. The first-order valence-electron chi connectivity index (χ1n) is 6.23. The molecule has 2 heteroatoms. The third-order valence-electron chi connectivity index (χ3n) is 3.46. The van der Waals surface area contributed by atoms with Crippen molar-refractivity contribution in [2.24, 2.45) is 11.8 Å². The zero-order valence-electron chi connectivity index (χ0n) is 9.88. The van der Waals surface area contributed by atoms with Crippen molar-refractivity contribution >= 4 is 5.69 Å². The first kappa shape index (κ1) is 11.4. The van der Waals surface area contributed by atoms with Crippen molar-refractivity contribution in [3.8, 4) is 0 Å². The average Bonchev–Trinajstić information content (AvgIpc) is 2.27. The Labute approximate surface area is 97.1 Å². The summed E-state index contributed by atoms with van der Waals surface area (Å²) < 4.78 is 13.0. The lowest BCUT2D eigenvalue weighted by molar-refractivity contribution is 0.293. The van der Waals surface area contributed by atoms with Gasteiger partial charge >= 0.3 is 0 Å². The Balaban J connectivity index is 1.82. The van der Waals surface area contributed by atoms with Crippen molar-refractivity contribution < 1.29 is 4.39 Å². The van der Waals surface area contributed by atoms with E-state index in [1.807, 2.05) is 6.07 Å². The minimum Gasteiger partial charge on any atom is -0.385 e. The van der Waals surface area contributed by atoms with Crippen molar-refractivity contribution in [3.05, 3.63) is 30.1 Å². The fraction of sp³-hybridized carbons (Fsp3) is 0.571. The molecular formula is C14H20FN. The third kappa shape index (κ3) is 3.22. The van der Waals surface area contributed by atoms with Gasteiger partial charge in [-0.1, -0.05) is 25.8 Å². The van der Waals surface area contributed by atoms with Crippen LogP contribution in [0.2, 0.25) is 0 Å². The molecule has 0 radical (unpaired) electrons. The molecule has 1 aliphatic rings. The minimum atomic E-state index is -0.165. The van der Waals surface area contributed by atoms with E-state index in [1.165, 1.54) is 31.7 Å². The van der Waals surface area contributed by atoms with Crippen LogP contribution in [0.4, 0.5) is 10.1 Å². The van der Waals surface area contributed by atoms with Crippen LogP contribution in [-0.2, 0) is 0 Å². The van der Waals surface area contributed by atoms with Crippen molar-refractivity contribution in [1.82, 2.24) is 0 Å². The van der Waals surface area contributed by atoms with Crippen molar-refractivity contribution in [2.75, 3.05) is 11.9 Å². The zero-order valence-corrected chi connectivity index (χ0v) is 9.88. The molecule has 0 saturated heterocycles. The summed E-state index contributed by atoms with van der Waals surface area (Å²) in [7, 11) is 0. The first-order chi connectivity index (χ1) is 7.74. The molecule has 1 saturated carbocycles. The van der Waals surface area contributed by atoms with Crippen molar-refractivity contribution in [3.63, 3.8) is 0 Å². The highest BCUT2D eigenvalue weighted by atomic mass is 19.1. The van der Waals surface area contributed by atoms with Crippen LogP contribution in [0.15, 0.2) is 24.3 Å². The molecule has 0 aliphatic heterocycles. The van der Waals surface area contributed by atoms with Crippen LogP contribution >= 0.6 is 0 Å². The number of hydrogen-bond acceptors (Lipinski definition) is 1. The molecule has 0 bridgehead atoms. The quantitative estimate of drug-likeness (QED) is 0.811. The third-order valence-corrected chi connectivity index (χ3v) is 3.46. The largest absolute Gasteiger partial charge is 0.385 e. The first-order valence-corrected chi connectivity index (χ1v) is 6.23. The highest BCUT2D eigenvalue weighted by molar-refractivity contribution is 5.42. The summed E-state index contributed by atoms with van der Waals surface area (Å²) in [5.41, 5.74) is 0.901. The van der Waals surface area contributed by atoms with Crippen LogP contribution in [-0.4, -0.2) is 6.54 Å². The van der Waals surface area contributed by atoms with Gasteiger partial charge in [-0.2, -0.15) is 0 Å². The normalized spacial score (nSPS) is 25.4. The number of hydrogen-bond donors (Lipinski definition) is 1. The van der Waals surface area contributed by atoms with Crippen LogP contribution in [0.5, 0.6) is 0 Å². The molecule has 1 nitrogen and oxygen atoms in total. The number of nitrogens with one attached hydrogen (secondary N) is 1. The summed E-state index contributed by atoms with van der Waals surface area (Å²) in [6.07, 6.45) is 5.34. The molecule has 1 aliphatic carbocycles. The van der Waals surface area contributed by atoms with E-state index in [2.05, 4.69) is 12.2 Å². The molecule has 1 fully saturated rings. The van der Waals surface area contributed by atoms with E-state index in [4.69, 9.17) is 0 Å². The lowest BCUT2D eigenvalue weighted by atomic mass is 9.82. The van der Waals surface area contributed by atoms with Crippen LogP contribution in [0.1, 0.15) is 32.6 Å². The topological polar surface area (TPSA) is 12.0 Å². The maximum atomic E-state index is 13.0. The second-order valence-electron chi connectivity index (χ2n) is 5.03. The zero-order chi connectivity index (χ0) is 11.4. The summed E-state index contributed by atoms with van der Waals surface area (Å²) in [6, 6.07) is 6.72. The summed E-state index contributed by atoms with van der Waals surface area (Å²) in [5, 5.41) is 3.34. The van der Waals surface area contributed by atoms with Gasteiger partial charge in [0.05, 0.1) is 0 Å². The van der Waals surface area contributed by atoms with E-state index in [-0.39, 0.29) is 5.82 Å². The molecule has 2 atom stereocenters. The molecule has 88 valence electrons. The van der Waals surface area contributed by atoms with E-state index in [1.54, 1.807) is 12.1 Å². The van der Waals surface area contributed by atoms with E-state index < -0.39 is 0 Å². The van der Waals surface area contributed by atoms with Crippen molar-refractivity contribution in [2.45, 2.75) is 32.6 Å². The smallest absolute Gasteiger partial charge is 0.125 e. The lowest BCUT2D eigenvalue weighted by Gasteiger charge is -2.27. The minimum absolute atomic E-state index is 0.165. The fourth-order valence-electron chi connectivity index (χ4n) is 2.61. The molecule has 1 aromatic carbocycles. The summed E-state index contributed by atoms with van der Waals surface area (Å²) in [4.78, 5) is 0. The van der Waals surface area contributed by atoms with Crippen LogP contribution in [0.3, 0.4) is 0 Å². The second-order valence-corrected chi connectivity index (χ2v) is 5.03. The Kier molecular flexibility index (Phi) is 3.81. The Morgan fingerprint density at radius 1 is 1.38 bits per heavy atom. The van der Waals surface area contributed by atoms with E-state index in [0.717, 1.165) is 24.1 Å². The molecule has 1 aromatic rings. The average molecular weight is 221 g/mol. The van der Waals surface area contributed by atoms with E-state index >= 15 is 0 Å². The standard InChI is InChI=1S/C14H20FN/c1-11-4-2-5-12(8-11)10-16-14-7-3-6-13(15)9-14/h3,6-7,9,11-12,16H,2,4-5,8,10H2,1H3. The Hall–Kier alpha value is -1.05. The van der Waals surface area contributed by atoms with Gasteiger partial charge in [0.2, 0.25) is 0 Å². The van der Waals surface area contributed by atoms with E-state index in [9.17, 15) is 4.39 Å². The van der Waals surface area contributed by atoms with Gasteiger partial charge < -0.3 is 5.32 Å². The van der Waals surface area contributed by atoms with Gasteiger partial charge in [-0.3, -0.25) is 0 Å². The summed E-state index contributed by atoms with van der Waals surface area (Å²) >= 11 is 0. The Morgan fingerprint density at radius 3 is 3.00 bits per heavy atom. The highest BCUT2D eigenvalue weighted by Crippen LogP contribution is 2.28. The van der Waals surface area contributed by atoms with Gasteiger partial charge in [0.1, 0.15) is 5.82 Å². The number of rotatable bonds is 3. The fourth-order valence-corrected chi connectivity index (χ4v) is 2.61. The van der Waals surface area contributed by atoms with Gasteiger partial charge in [0.25, 0.3) is 0 Å². The monoisotopic (exact) mass is 221 g/mol. The lowest BCUT2D eigenvalue weighted by Crippen LogP contribution is -2.20. The SMILES string of the molecule is CC1CCCC(CNc2cccc(F)c2)C1. The molecule has 2 rings (SSSR count). The van der Waals surface area contributed by atoms with Crippen LogP contribution < -0.4 is 5.32 Å². The predicted octanol–water partition coefficient (Wildman–Crippen LogP) is 4.06. The summed E-state index contributed by atoms with van der Waals surface area (Å²) in [6.45, 7) is 3.31. The molecule has 0 amide bonds. The highest BCUT2D eigenvalue weighted by Gasteiger charge is 2.18. The molecule has 16 heavy (non-hydrogen) atoms. The molecule has 0 heterocycles. The van der Waals surface area contributed by atoms with Gasteiger partial charge in [0.15, 0.2) is 0 Å². The van der Waals surface area contributed by atoms with E-state index in [0.29, 0.717) is 0 Å². The van der Waals surface area contributed by atoms with Gasteiger partial charge in [0, 0.05) is 12.2 Å². The molecule has 0 spiro atoms. The summed E-state index contributed by atoms with van der Waals surface area (Å²) in [5.74, 6) is 1.45. The number of anilines is 1. The molecule has 2 unspecified atom stereocenters. The number of benzene rings is 1. The van der Waals surface area contributed by atoms with Crippen LogP contribution in [0, 0.1) is 17.7 Å². The maximum Gasteiger partial charge on any atom is 0.125 e. The Morgan fingerprint density at radius 2 is 2.25 bits per heavy atom. The molecular weight excluding hydrogens is 201 g/mol.